The highest BCUT2D eigenvalue weighted by Gasteiger charge is 2.27. The second kappa shape index (κ2) is 12.0. The lowest BCUT2D eigenvalue weighted by atomic mass is 10.1. The lowest BCUT2D eigenvalue weighted by Gasteiger charge is -2.30. The second-order valence-electron chi connectivity index (χ2n) is 8.27. The van der Waals surface area contributed by atoms with Crippen LogP contribution in [-0.2, 0) is 26.2 Å². The van der Waals surface area contributed by atoms with E-state index < -0.39 is 16.1 Å². The van der Waals surface area contributed by atoms with Gasteiger partial charge in [0.05, 0.1) is 11.9 Å². The van der Waals surface area contributed by atoms with Gasteiger partial charge in [0, 0.05) is 30.6 Å². The van der Waals surface area contributed by atoms with Crippen molar-refractivity contribution in [2.45, 2.75) is 52.2 Å². The van der Waals surface area contributed by atoms with Crippen LogP contribution in [-0.4, -0.2) is 50.0 Å². The summed E-state index contributed by atoms with van der Waals surface area (Å²) in [5.74, 6) is -0.448. The van der Waals surface area contributed by atoms with Gasteiger partial charge >= 0.3 is 0 Å². The van der Waals surface area contributed by atoms with Crippen molar-refractivity contribution in [2.24, 2.45) is 0 Å². The minimum absolute atomic E-state index is 0.0466. The number of halogens is 1. The molecule has 2 aromatic carbocycles. The van der Waals surface area contributed by atoms with Gasteiger partial charge < -0.3 is 10.2 Å². The Balaban J connectivity index is 2.14. The Morgan fingerprint density at radius 1 is 1.03 bits per heavy atom. The number of benzene rings is 2. The number of rotatable bonds is 11. The molecular formula is C24H32ClN3O4S. The lowest BCUT2D eigenvalue weighted by molar-refractivity contribution is -0.140. The third kappa shape index (κ3) is 8.37. The van der Waals surface area contributed by atoms with Crippen molar-refractivity contribution in [3.8, 4) is 0 Å². The van der Waals surface area contributed by atoms with E-state index in [-0.39, 0.29) is 37.4 Å². The molecule has 0 aliphatic carbocycles. The maximum Gasteiger partial charge on any atom is 0.242 e. The molecule has 1 N–H and O–H groups in total. The predicted molar refractivity (Wildman–Crippen MR) is 133 cm³/mol. The summed E-state index contributed by atoms with van der Waals surface area (Å²) < 4.78 is 25.9. The average molecular weight is 494 g/mol. The van der Waals surface area contributed by atoms with Crippen molar-refractivity contribution < 1.29 is 18.0 Å². The van der Waals surface area contributed by atoms with Gasteiger partial charge in [-0.15, -0.1) is 0 Å². The first kappa shape index (κ1) is 26.7. The van der Waals surface area contributed by atoms with Crippen LogP contribution in [0.4, 0.5) is 5.69 Å². The zero-order valence-corrected chi connectivity index (χ0v) is 21.1. The van der Waals surface area contributed by atoms with Gasteiger partial charge in [-0.3, -0.25) is 13.9 Å². The molecule has 0 aliphatic rings. The highest BCUT2D eigenvalue weighted by molar-refractivity contribution is 7.92. The standard InChI is InChI=1S/C24H32ClN3O4S/c1-18(2)26-24(30)19(3)27(17-20-10-6-5-7-11-20)23(29)14-9-15-28(33(4,31)32)22-13-8-12-21(25)16-22/h5-8,10-13,16,18-19H,9,14-15,17H2,1-4H3,(H,26,30)/t19-/m1/s1. The molecule has 2 rings (SSSR count). The maximum absolute atomic E-state index is 13.2. The summed E-state index contributed by atoms with van der Waals surface area (Å²) in [6.45, 7) is 5.84. The fraction of sp³-hybridized carbons (Fsp3) is 0.417. The summed E-state index contributed by atoms with van der Waals surface area (Å²) in [7, 11) is -3.56. The highest BCUT2D eigenvalue weighted by atomic mass is 35.5. The van der Waals surface area contributed by atoms with E-state index in [4.69, 9.17) is 11.6 Å². The van der Waals surface area contributed by atoms with Gasteiger partial charge in [0.15, 0.2) is 0 Å². The molecule has 180 valence electrons. The van der Waals surface area contributed by atoms with E-state index >= 15 is 0 Å². The van der Waals surface area contributed by atoms with E-state index in [0.717, 1.165) is 11.8 Å². The fourth-order valence-corrected chi connectivity index (χ4v) is 4.54. The molecule has 0 fully saturated rings. The second-order valence-corrected chi connectivity index (χ2v) is 10.6. The van der Waals surface area contributed by atoms with Gasteiger partial charge in [-0.25, -0.2) is 8.42 Å². The van der Waals surface area contributed by atoms with Gasteiger partial charge in [0.1, 0.15) is 6.04 Å². The summed E-state index contributed by atoms with van der Waals surface area (Å²) >= 11 is 6.02. The number of nitrogens with zero attached hydrogens (tertiary/aromatic N) is 2. The fourth-order valence-electron chi connectivity index (χ4n) is 3.40. The van der Waals surface area contributed by atoms with Crippen molar-refractivity contribution in [3.05, 3.63) is 65.2 Å². The number of sulfonamides is 1. The molecule has 0 aliphatic heterocycles. The SMILES string of the molecule is CC(C)NC(=O)[C@@H](C)N(Cc1ccccc1)C(=O)CCCN(c1cccc(Cl)c1)S(C)(=O)=O. The highest BCUT2D eigenvalue weighted by Crippen LogP contribution is 2.22. The van der Waals surface area contributed by atoms with Gasteiger partial charge in [0.2, 0.25) is 21.8 Å². The first-order valence-corrected chi connectivity index (χ1v) is 13.1. The van der Waals surface area contributed by atoms with Crippen LogP contribution in [0.15, 0.2) is 54.6 Å². The number of amides is 2. The third-order valence-corrected chi connectivity index (χ3v) is 6.47. The van der Waals surface area contributed by atoms with Crippen LogP contribution in [0, 0.1) is 0 Å². The first-order valence-electron chi connectivity index (χ1n) is 10.9. The molecular weight excluding hydrogens is 462 g/mol. The quantitative estimate of drug-likeness (QED) is 0.515. The van der Waals surface area contributed by atoms with E-state index in [1.165, 1.54) is 9.21 Å². The zero-order valence-electron chi connectivity index (χ0n) is 19.5. The number of nitrogens with one attached hydrogen (secondary N) is 1. The van der Waals surface area contributed by atoms with E-state index in [1.54, 1.807) is 31.2 Å². The molecule has 0 aromatic heterocycles. The minimum Gasteiger partial charge on any atom is -0.352 e. The Kier molecular flexibility index (Phi) is 9.73. The van der Waals surface area contributed by atoms with Crippen LogP contribution in [0.1, 0.15) is 39.2 Å². The van der Waals surface area contributed by atoms with Crippen molar-refractivity contribution >= 4 is 39.1 Å². The molecule has 0 saturated carbocycles. The molecule has 0 heterocycles. The molecule has 2 aromatic rings. The molecule has 33 heavy (non-hydrogen) atoms. The summed E-state index contributed by atoms with van der Waals surface area (Å²) in [5, 5.41) is 3.28. The van der Waals surface area contributed by atoms with Crippen molar-refractivity contribution in [3.63, 3.8) is 0 Å². The molecule has 0 saturated heterocycles. The molecule has 1 atom stereocenters. The number of hydrogen-bond acceptors (Lipinski definition) is 4. The van der Waals surface area contributed by atoms with Crippen LogP contribution in [0.5, 0.6) is 0 Å². The van der Waals surface area contributed by atoms with E-state index in [1.807, 2.05) is 44.2 Å². The van der Waals surface area contributed by atoms with Gasteiger partial charge in [-0.1, -0.05) is 48.0 Å². The number of anilines is 1. The molecule has 7 nitrogen and oxygen atoms in total. The topological polar surface area (TPSA) is 86.8 Å². The van der Waals surface area contributed by atoms with Gasteiger partial charge in [0.25, 0.3) is 0 Å². The monoisotopic (exact) mass is 493 g/mol. The van der Waals surface area contributed by atoms with Gasteiger partial charge in [-0.2, -0.15) is 0 Å². The lowest BCUT2D eigenvalue weighted by Crippen LogP contribution is -2.49. The van der Waals surface area contributed by atoms with Crippen molar-refractivity contribution in [2.75, 3.05) is 17.1 Å². The van der Waals surface area contributed by atoms with Crippen LogP contribution in [0.3, 0.4) is 0 Å². The summed E-state index contributed by atoms with van der Waals surface area (Å²) in [6.07, 6.45) is 1.51. The van der Waals surface area contributed by atoms with Crippen LogP contribution >= 0.6 is 11.6 Å². The Bertz CT molecular complexity index is 1040. The molecule has 2 amide bonds. The van der Waals surface area contributed by atoms with Gasteiger partial charge in [-0.05, 0) is 51.0 Å². The van der Waals surface area contributed by atoms with Crippen LogP contribution < -0.4 is 9.62 Å². The predicted octanol–water partition coefficient (Wildman–Crippen LogP) is 3.83. The zero-order chi connectivity index (χ0) is 24.6. The Morgan fingerprint density at radius 2 is 1.70 bits per heavy atom. The molecule has 0 unspecified atom stereocenters. The molecule has 0 spiro atoms. The smallest absolute Gasteiger partial charge is 0.242 e. The normalized spacial score (nSPS) is 12.3. The summed E-state index contributed by atoms with van der Waals surface area (Å²) in [6, 6.07) is 15.3. The Hall–Kier alpha value is -2.58. The van der Waals surface area contributed by atoms with Crippen LogP contribution in [0.25, 0.3) is 0 Å². The number of hydrogen-bond donors (Lipinski definition) is 1. The van der Waals surface area contributed by atoms with Crippen molar-refractivity contribution in [1.29, 1.82) is 0 Å². The summed E-state index contributed by atoms with van der Waals surface area (Å²) in [4.78, 5) is 27.3. The number of carbonyl (C=O) groups excluding carboxylic acids is 2. The van der Waals surface area contributed by atoms with Crippen LogP contribution in [0.2, 0.25) is 5.02 Å². The van der Waals surface area contributed by atoms with E-state index in [0.29, 0.717) is 17.1 Å². The summed E-state index contributed by atoms with van der Waals surface area (Å²) in [5.41, 5.74) is 1.36. The molecule has 9 heteroatoms. The third-order valence-electron chi connectivity index (χ3n) is 5.04. The van der Waals surface area contributed by atoms with E-state index in [2.05, 4.69) is 5.32 Å². The molecule has 0 radical (unpaired) electrons. The average Bonchev–Trinajstić information content (AvgIpc) is 2.73. The van der Waals surface area contributed by atoms with E-state index in [9.17, 15) is 18.0 Å². The Labute approximate surface area is 201 Å². The Morgan fingerprint density at radius 3 is 2.27 bits per heavy atom. The maximum atomic E-state index is 13.2. The molecule has 0 bridgehead atoms. The van der Waals surface area contributed by atoms with Crippen molar-refractivity contribution in [1.82, 2.24) is 10.2 Å². The minimum atomic E-state index is -3.56. The largest absolute Gasteiger partial charge is 0.352 e. The number of carbonyl (C=O) groups is 2. The first-order chi connectivity index (χ1) is 15.5.